The molecule has 0 radical (unpaired) electrons. The number of β-amino-alcohol motifs (C(OH)–C–C–N with tert-alkyl or cyclic N) is 1. The van der Waals surface area contributed by atoms with Crippen molar-refractivity contribution in [2.24, 2.45) is 5.41 Å². The standard InChI is InChI=1S/C66H89N9O8S/c1-9-74(52-26-32-83-33-27-52)56-36-51(35-54(45(56)4)62(79)68-39-55-43(2)34-44(3)70-63(55)80)49-22-20-48(21-23-49)40-72-28-30-73(31-29-72)59(78)17-15-13-11-10-12-14-16-58(77)71-61(66(6,7)8)65(82)75-41-53(76)37-57(75)64(81)67-38-47-18-24-50(25-19-47)60-46(5)69-42-84-60/h18-25,34-36,42,52-53,57,61,76H,9-17,26-33,37-41H2,1-8H3,(H,67,81)(H,68,79)(H,70,80)(H,71,77)/t53-,57+,61-/m1/s1. The van der Waals surface area contributed by atoms with E-state index in [-0.39, 0.29) is 67.6 Å². The van der Waals surface area contributed by atoms with Crippen molar-refractivity contribution >= 4 is 46.6 Å². The zero-order valence-electron chi connectivity index (χ0n) is 50.7. The fourth-order valence-electron chi connectivity index (χ4n) is 12.0. The number of aromatic nitrogens is 2. The van der Waals surface area contributed by atoms with Gasteiger partial charge in [0.05, 0.1) is 22.2 Å². The molecule has 3 fully saturated rings. The number of hydrogen-bond acceptors (Lipinski definition) is 12. The van der Waals surface area contributed by atoms with E-state index >= 15 is 0 Å². The second kappa shape index (κ2) is 29.4. The van der Waals surface area contributed by atoms with Crippen molar-refractivity contribution < 1.29 is 33.8 Å². The Labute approximate surface area is 500 Å². The Bertz CT molecular complexity index is 3120. The van der Waals surface area contributed by atoms with Crippen LogP contribution < -0.4 is 26.4 Å². The van der Waals surface area contributed by atoms with Gasteiger partial charge >= 0.3 is 0 Å². The number of hydrogen-bond donors (Lipinski definition) is 5. The van der Waals surface area contributed by atoms with E-state index in [0.29, 0.717) is 56.3 Å². The fraction of sp³-hybridized carbons (Fsp3) is 0.530. The largest absolute Gasteiger partial charge is 0.391 e. The molecule has 3 aliphatic heterocycles. The van der Waals surface area contributed by atoms with E-state index in [1.165, 1.54) is 10.5 Å². The maximum atomic E-state index is 14.1. The number of unbranched alkanes of at least 4 members (excludes halogenated alkanes) is 5. The molecule has 5 N–H and O–H groups in total. The summed E-state index contributed by atoms with van der Waals surface area (Å²) in [5, 5.41) is 19.6. The first-order chi connectivity index (χ1) is 40.3. The van der Waals surface area contributed by atoms with Gasteiger partial charge in [0.2, 0.25) is 23.6 Å². The summed E-state index contributed by atoms with van der Waals surface area (Å²) in [5.41, 5.74) is 11.8. The van der Waals surface area contributed by atoms with Gasteiger partial charge in [-0.3, -0.25) is 33.7 Å². The van der Waals surface area contributed by atoms with Crippen LogP contribution in [0, 0.1) is 33.1 Å². The summed E-state index contributed by atoms with van der Waals surface area (Å²) in [6, 6.07) is 21.2. The molecule has 0 saturated carbocycles. The van der Waals surface area contributed by atoms with Crippen LogP contribution in [0.2, 0.25) is 0 Å². The molecule has 8 rings (SSSR count). The minimum atomic E-state index is -0.873. The van der Waals surface area contributed by atoms with Crippen LogP contribution in [0.3, 0.4) is 0 Å². The van der Waals surface area contributed by atoms with Gasteiger partial charge in [-0.05, 0) is 123 Å². The highest BCUT2D eigenvalue weighted by atomic mass is 32.1. The first-order valence-electron chi connectivity index (χ1n) is 30.4. The second-order valence-corrected chi connectivity index (χ2v) is 25.2. The molecular formula is C66H89N9O8S. The molecule has 3 atom stereocenters. The van der Waals surface area contributed by atoms with E-state index < -0.39 is 23.6 Å². The maximum absolute atomic E-state index is 14.1. The van der Waals surface area contributed by atoms with Gasteiger partial charge in [-0.15, -0.1) is 11.3 Å². The second-order valence-electron chi connectivity index (χ2n) is 24.3. The van der Waals surface area contributed by atoms with Crippen LogP contribution in [-0.2, 0) is 43.5 Å². The number of H-pyrrole nitrogens is 1. The molecule has 3 saturated heterocycles. The minimum absolute atomic E-state index is 0.0197. The maximum Gasteiger partial charge on any atom is 0.253 e. The number of ether oxygens (including phenoxy) is 1. The van der Waals surface area contributed by atoms with Gasteiger partial charge in [0, 0.05) is 120 Å². The topological polar surface area (TPSA) is 210 Å². The van der Waals surface area contributed by atoms with Crippen LogP contribution in [0.25, 0.3) is 21.6 Å². The number of aryl methyl sites for hydroxylation is 3. The van der Waals surface area contributed by atoms with Gasteiger partial charge in [0.25, 0.3) is 11.5 Å². The molecule has 5 amide bonds. The lowest BCUT2D eigenvalue weighted by molar-refractivity contribution is -0.144. The quantitative estimate of drug-likeness (QED) is 0.0369. The predicted octanol–water partition coefficient (Wildman–Crippen LogP) is 8.91. The van der Waals surface area contributed by atoms with E-state index in [4.69, 9.17) is 4.74 Å². The van der Waals surface area contributed by atoms with Crippen LogP contribution in [0.15, 0.2) is 77.0 Å². The number of thiazole rings is 1. The lowest BCUT2D eigenvalue weighted by Crippen LogP contribution is -2.57. The van der Waals surface area contributed by atoms with E-state index in [1.807, 2.05) is 95.3 Å². The number of pyridine rings is 1. The molecule has 452 valence electrons. The molecule has 0 bridgehead atoms. The third-order valence-electron chi connectivity index (χ3n) is 17.0. The summed E-state index contributed by atoms with van der Waals surface area (Å²) in [5.74, 6) is -0.957. The Hall–Kier alpha value is -6.73. The number of aromatic amines is 1. The summed E-state index contributed by atoms with van der Waals surface area (Å²) >= 11 is 1.58. The molecule has 0 unspecified atom stereocenters. The number of amides is 5. The Morgan fingerprint density at radius 2 is 1.46 bits per heavy atom. The number of benzene rings is 3. The average Bonchev–Trinajstić information content (AvgIpc) is 3.69. The molecule has 0 aliphatic carbocycles. The molecule has 3 aromatic carbocycles. The third kappa shape index (κ3) is 16.6. The number of nitrogens with zero attached hydrogens (tertiary/aromatic N) is 5. The molecule has 84 heavy (non-hydrogen) atoms. The number of piperazine rings is 1. The first-order valence-corrected chi connectivity index (χ1v) is 31.3. The molecule has 5 aromatic rings. The highest BCUT2D eigenvalue weighted by Crippen LogP contribution is 2.35. The number of anilines is 1. The van der Waals surface area contributed by atoms with Gasteiger partial charge < -0.3 is 45.5 Å². The lowest BCUT2D eigenvalue weighted by Gasteiger charge is -2.37. The summed E-state index contributed by atoms with van der Waals surface area (Å²) < 4.78 is 5.71. The Morgan fingerprint density at radius 1 is 0.810 bits per heavy atom. The zero-order valence-corrected chi connectivity index (χ0v) is 51.6. The summed E-state index contributed by atoms with van der Waals surface area (Å²) in [4.78, 5) is 97.6. The summed E-state index contributed by atoms with van der Waals surface area (Å²) in [7, 11) is 0. The Kier molecular flexibility index (Phi) is 22.1. The number of likely N-dealkylation sites (tertiary alicyclic amines) is 1. The average molecular weight is 1170 g/mol. The van der Waals surface area contributed by atoms with Crippen LogP contribution in [-0.4, -0.2) is 136 Å². The number of carbonyl (C=O) groups is 5. The molecule has 2 aromatic heterocycles. The first kappa shape index (κ1) is 63.3. The van der Waals surface area contributed by atoms with Crippen molar-refractivity contribution in [2.45, 2.75) is 170 Å². The third-order valence-corrected chi connectivity index (χ3v) is 18.0. The van der Waals surface area contributed by atoms with Crippen molar-refractivity contribution in [1.82, 2.24) is 40.6 Å². The van der Waals surface area contributed by atoms with Crippen molar-refractivity contribution in [3.8, 4) is 21.6 Å². The summed E-state index contributed by atoms with van der Waals surface area (Å²) in [6.45, 7) is 21.9. The van der Waals surface area contributed by atoms with E-state index in [9.17, 15) is 33.9 Å². The van der Waals surface area contributed by atoms with Crippen molar-refractivity contribution in [3.05, 3.63) is 127 Å². The van der Waals surface area contributed by atoms with Crippen molar-refractivity contribution in [3.63, 3.8) is 0 Å². The smallest absolute Gasteiger partial charge is 0.253 e. The monoisotopic (exact) mass is 1170 g/mol. The number of rotatable bonds is 24. The molecule has 5 heterocycles. The Balaban J connectivity index is 0.740. The minimum Gasteiger partial charge on any atom is -0.391 e. The van der Waals surface area contributed by atoms with E-state index in [1.54, 1.807) is 11.3 Å². The number of aliphatic hydroxyl groups excluding tert-OH is 1. The Morgan fingerprint density at radius 3 is 2.11 bits per heavy atom. The molecule has 18 heteroatoms. The van der Waals surface area contributed by atoms with Crippen LogP contribution >= 0.6 is 11.3 Å². The predicted molar refractivity (Wildman–Crippen MR) is 332 cm³/mol. The molecule has 3 aliphatic rings. The van der Waals surface area contributed by atoms with Gasteiger partial charge in [-0.25, -0.2) is 4.98 Å². The van der Waals surface area contributed by atoms with Crippen molar-refractivity contribution in [2.75, 3.05) is 57.4 Å². The fourth-order valence-corrected chi connectivity index (χ4v) is 12.9. The summed E-state index contributed by atoms with van der Waals surface area (Å²) in [6.07, 6.45) is 7.11. The van der Waals surface area contributed by atoms with Gasteiger partial charge in [-0.1, -0.05) is 95.0 Å². The van der Waals surface area contributed by atoms with Crippen LogP contribution in [0.5, 0.6) is 0 Å². The van der Waals surface area contributed by atoms with Crippen LogP contribution in [0.1, 0.15) is 148 Å². The van der Waals surface area contributed by atoms with E-state index in [0.717, 1.165) is 126 Å². The zero-order chi connectivity index (χ0) is 60.1. The number of aliphatic hydroxyl groups is 1. The van der Waals surface area contributed by atoms with Gasteiger partial charge in [0.15, 0.2) is 0 Å². The number of nitrogens with one attached hydrogen (secondary N) is 4. The SMILES string of the molecule is CCN(c1cc(-c2ccc(CN3CCN(C(=O)CCCCCCCCC(=O)N[C@H](C(=O)N4C[C@H](O)C[C@H]4C(=O)NCc4ccc(-c5scnc5C)cc4)C(C)(C)C)CC3)cc2)cc(C(=O)NCc2c(C)cc(C)[nH]c2=O)c1C)C1CCOCC1. The van der Waals surface area contributed by atoms with Gasteiger partial charge in [-0.2, -0.15) is 0 Å². The molecular weight excluding hydrogens is 1080 g/mol. The number of carbonyl (C=O) groups excluding carboxylic acids is 5. The highest BCUT2D eigenvalue weighted by Gasteiger charge is 2.44. The van der Waals surface area contributed by atoms with Crippen LogP contribution in [0.4, 0.5) is 5.69 Å². The van der Waals surface area contributed by atoms with E-state index in [2.05, 4.69) is 73.0 Å². The molecule has 0 spiro atoms. The van der Waals surface area contributed by atoms with Gasteiger partial charge in [0.1, 0.15) is 12.1 Å². The highest BCUT2D eigenvalue weighted by molar-refractivity contribution is 7.13. The molecule has 17 nitrogen and oxygen atoms in total. The van der Waals surface area contributed by atoms with Crippen molar-refractivity contribution in [1.29, 1.82) is 0 Å². The normalized spacial score (nSPS) is 17.2. The lowest BCUT2D eigenvalue weighted by atomic mass is 9.85.